The molecule has 0 spiro atoms. The molecule has 0 saturated heterocycles. The maximum Gasteiger partial charge on any atom is 0.222 e. The minimum Gasteiger partial charge on any atom is -0.439 e. The minimum atomic E-state index is 0.590. The Morgan fingerprint density at radius 2 is 1.94 bits per heavy atom. The predicted molar refractivity (Wildman–Crippen MR) is 70.7 cm³/mol. The Kier molecular flexibility index (Phi) is 3.38. The topological polar surface area (TPSA) is 35.0 Å². The smallest absolute Gasteiger partial charge is 0.222 e. The summed E-state index contributed by atoms with van der Waals surface area (Å²) < 4.78 is 6.80. The average molecular weight is 326 g/mol. The summed E-state index contributed by atoms with van der Waals surface area (Å²) >= 11 is 2.25. The van der Waals surface area contributed by atoms with Gasteiger partial charge in [0.2, 0.25) is 5.88 Å². The maximum atomic E-state index is 5.66. The number of benzene rings is 1. The van der Waals surface area contributed by atoms with Crippen molar-refractivity contribution in [1.82, 2.24) is 9.97 Å². The second-order valence-electron chi connectivity index (χ2n) is 3.45. The molecule has 0 unspecified atom stereocenters. The van der Waals surface area contributed by atoms with Crippen molar-refractivity contribution in [2.45, 2.75) is 13.8 Å². The van der Waals surface area contributed by atoms with Gasteiger partial charge in [-0.3, -0.25) is 0 Å². The van der Waals surface area contributed by atoms with Crippen molar-refractivity contribution in [1.29, 1.82) is 0 Å². The number of aromatic nitrogens is 2. The molecule has 0 atom stereocenters. The van der Waals surface area contributed by atoms with Crippen LogP contribution in [0, 0.1) is 17.4 Å². The highest BCUT2D eigenvalue weighted by molar-refractivity contribution is 14.1. The highest BCUT2D eigenvalue weighted by Gasteiger charge is 2.01. The third kappa shape index (κ3) is 2.91. The third-order valence-electron chi connectivity index (χ3n) is 1.96. The molecule has 1 heterocycles. The predicted octanol–water partition coefficient (Wildman–Crippen LogP) is 3.49. The largest absolute Gasteiger partial charge is 0.439 e. The van der Waals surface area contributed by atoms with Gasteiger partial charge >= 0.3 is 0 Å². The van der Waals surface area contributed by atoms with Crippen molar-refractivity contribution < 1.29 is 4.74 Å². The van der Waals surface area contributed by atoms with Gasteiger partial charge < -0.3 is 4.74 Å². The van der Waals surface area contributed by atoms with Gasteiger partial charge in [0.15, 0.2) is 0 Å². The lowest BCUT2D eigenvalue weighted by atomic mass is 10.3. The van der Waals surface area contributed by atoms with Crippen LogP contribution in [0.15, 0.2) is 30.3 Å². The third-order valence-corrected chi connectivity index (χ3v) is 2.63. The molecule has 2 aromatic rings. The number of hydrogen-bond acceptors (Lipinski definition) is 3. The summed E-state index contributed by atoms with van der Waals surface area (Å²) in [5.41, 5.74) is 0.910. The second-order valence-corrected chi connectivity index (χ2v) is 4.70. The summed E-state index contributed by atoms with van der Waals surface area (Å²) in [6.07, 6.45) is 0. The molecule has 1 aromatic carbocycles. The fraction of sp³-hybridized carbons (Fsp3) is 0.167. The molecule has 1 aromatic heterocycles. The van der Waals surface area contributed by atoms with E-state index in [9.17, 15) is 0 Å². The number of hydrogen-bond donors (Lipinski definition) is 0. The van der Waals surface area contributed by atoms with Crippen LogP contribution in [0.25, 0.3) is 0 Å². The second kappa shape index (κ2) is 4.78. The fourth-order valence-corrected chi connectivity index (χ4v) is 1.90. The van der Waals surface area contributed by atoms with Crippen LogP contribution in [-0.4, -0.2) is 9.97 Å². The Hall–Kier alpha value is -1.17. The monoisotopic (exact) mass is 326 g/mol. The summed E-state index contributed by atoms with van der Waals surface area (Å²) in [6.45, 7) is 3.78. The normalized spacial score (nSPS) is 10.2. The van der Waals surface area contributed by atoms with E-state index >= 15 is 0 Å². The molecule has 0 aliphatic carbocycles. The zero-order valence-corrected chi connectivity index (χ0v) is 11.2. The highest BCUT2D eigenvalue weighted by Crippen LogP contribution is 2.21. The number of nitrogens with zero attached hydrogens (tertiary/aromatic N) is 2. The molecule has 16 heavy (non-hydrogen) atoms. The van der Waals surface area contributed by atoms with Gasteiger partial charge in [-0.25, -0.2) is 4.98 Å². The number of halogens is 1. The van der Waals surface area contributed by atoms with E-state index in [4.69, 9.17) is 4.74 Å². The Balaban J connectivity index is 2.27. The van der Waals surface area contributed by atoms with Crippen LogP contribution in [0.2, 0.25) is 0 Å². The molecule has 4 heteroatoms. The Morgan fingerprint density at radius 3 is 2.62 bits per heavy atom. The van der Waals surface area contributed by atoms with E-state index in [2.05, 4.69) is 32.6 Å². The van der Waals surface area contributed by atoms with E-state index in [0.717, 1.165) is 20.8 Å². The first-order chi connectivity index (χ1) is 7.63. The SMILES string of the molecule is Cc1cc(Oc2cccc(I)c2)nc(C)n1. The summed E-state index contributed by atoms with van der Waals surface area (Å²) in [4.78, 5) is 8.42. The van der Waals surface area contributed by atoms with E-state index < -0.39 is 0 Å². The van der Waals surface area contributed by atoms with Gasteiger partial charge in [-0.15, -0.1) is 0 Å². The minimum absolute atomic E-state index is 0.590. The molecular weight excluding hydrogens is 315 g/mol. The van der Waals surface area contributed by atoms with Gasteiger partial charge in [0.1, 0.15) is 11.6 Å². The molecule has 0 amide bonds. The molecule has 0 fully saturated rings. The van der Waals surface area contributed by atoms with Gasteiger partial charge in [-0.1, -0.05) is 6.07 Å². The summed E-state index contributed by atoms with van der Waals surface area (Å²) in [5.74, 6) is 2.11. The molecule has 0 N–H and O–H groups in total. The van der Waals surface area contributed by atoms with Crippen LogP contribution >= 0.6 is 22.6 Å². The van der Waals surface area contributed by atoms with Crippen molar-refractivity contribution in [3.05, 3.63) is 45.4 Å². The van der Waals surface area contributed by atoms with Gasteiger partial charge in [-0.05, 0) is 54.6 Å². The van der Waals surface area contributed by atoms with Crippen LogP contribution in [-0.2, 0) is 0 Å². The molecule has 3 nitrogen and oxygen atoms in total. The Labute approximate surface area is 108 Å². The fourth-order valence-electron chi connectivity index (χ4n) is 1.39. The van der Waals surface area contributed by atoms with Gasteiger partial charge in [0.05, 0.1) is 0 Å². The summed E-state index contributed by atoms with van der Waals surface area (Å²) in [5, 5.41) is 0. The van der Waals surface area contributed by atoms with Crippen LogP contribution in [0.5, 0.6) is 11.6 Å². The van der Waals surface area contributed by atoms with E-state index in [1.54, 1.807) is 0 Å². The van der Waals surface area contributed by atoms with E-state index in [1.165, 1.54) is 0 Å². The first-order valence-electron chi connectivity index (χ1n) is 4.89. The molecular formula is C12H11IN2O. The van der Waals surface area contributed by atoms with E-state index in [1.807, 2.05) is 44.2 Å². The van der Waals surface area contributed by atoms with Gasteiger partial charge in [-0.2, -0.15) is 4.98 Å². The zero-order chi connectivity index (χ0) is 11.5. The molecule has 2 rings (SSSR count). The van der Waals surface area contributed by atoms with Gasteiger partial charge in [0, 0.05) is 15.3 Å². The standard InChI is InChI=1S/C12H11IN2O/c1-8-6-12(15-9(2)14-8)16-11-5-3-4-10(13)7-11/h3-7H,1-2H3. The van der Waals surface area contributed by atoms with Crippen LogP contribution in [0.1, 0.15) is 11.5 Å². The van der Waals surface area contributed by atoms with Crippen LogP contribution < -0.4 is 4.74 Å². The summed E-state index contributed by atoms with van der Waals surface area (Å²) in [7, 11) is 0. The molecule has 0 aliphatic rings. The lowest BCUT2D eigenvalue weighted by Gasteiger charge is -2.06. The maximum absolute atomic E-state index is 5.66. The highest BCUT2D eigenvalue weighted by atomic mass is 127. The lowest BCUT2D eigenvalue weighted by Crippen LogP contribution is -1.95. The van der Waals surface area contributed by atoms with Crippen molar-refractivity contribution in [3.63, 3.8) is 0 Å². The molecule has 0 bridgehead atoms. The zero-order valence-electron chi connectivity index (χ0n) is 9.07. The molecule has 0 aliphatic heterocycles. The average Bonchev–Trinajstić information content (AvgIpc) is 2.15. The van der Waals surface area contributed by atoms with Crippen molar-refractivity contribution >= 4 is 22.6 Å². The van der Waals surface area contributed by atoms with E-state index in [-0.39, 0.29) is 0 Å². The number of rotatable bonds is 2. The van der Waals surface area contributed by atoms with Gasteiger partial charge in [0.25, 0.3) is 0 Å². The Bertz CT molecular complexity index is 494. The van der Waals surface area contributed by atoms with Crippen molar-refractivity contribution in [2.75, 3.05) is 0 Å². The molecule has 0 radical (unpaired) electrons. The molecule has 0 saturated carbocycles. The summed E-state index contributed by atoms with van der Waals surface area (Å²) in [6, 6.07) is 9.68. The van der Waals surface area contributed by atoms with Crippen LogP contribution in [0.4, 0.5) is 0 Å². The van der Waals surface area contributed by atoms with Crippen molar-refractivity contribution in [2.24, 2.45) is 0 Å². The lowest BCUT2D eigenvalue weighted by molar-refractivity contribution is 0.458. The first kappa shape index (κ1) is 11.3. The molecule has 82 valence electrons. The van der Waals surface area contributed by atoms with E-state index in [0.29, 0.717) is 5.88 Å². The Morgan fingerprint density at radius 1 is 1.12 bits per heavy atom. The number of ether oxygens (including phenoxy) is 1. The van der Waals surface area contributed by atoms with Crippen molar-refractivity contribution in [3.8, 4) is 11.6 Å². The first-order valence-corrected chi connectivity index (χ1v) is 5.97. The quantitative estimate of drug-likeness (QED) is 0.793. The van der Waals surface area contributed by atoms with Crippen LogP contribution in [0.3, 0.4) is 0 Å². The number of aryl methyl sites for hydroxylation is 2.